The standard InChI is InChI=1S/C13H16N2O2/c1-10(6-7-14)13(16)15-9-11-4-3-5-12(8-11)17-2/h3-8,14H,9H2,1-2H3,(H,15,16)/b10-6-,14-7?. The third-order valence-corrected chi connectivity index (χ3v) is 2.28. The number of rotatable bonds is 5. The van der Waals surface area contributed by atoms with Crippen LogP contribution >= 0.6 is 0 Å². The number of methoxy groups -OCH3 is 1. The van der Waals surface area contributed by atoms with Crippen LogP contribution < -0.4 is 10.1 Å². The average molecular weight is 232 g/mol. The lowest BCUT2D eigenvalue weighted by Gasteiger charge is -2.06. The zero-order valence-electron chi connectivity index (χ0n) is 9.99. The maximum atomic E-state index is 11.5. The molecule has 0 aliphatic heterocycles. The Morgan fingerprint density at radius 1 is 1.53 bits per heavy atom. The molecule has 90 valence electrons. The van der Waals surface area contributed by atoms with Crippen LogP contribution in [0.1, 0.15) is 12.5 Å². The van der Waals surface area contributed by atoms with E-state index in [2.05, 4.69) is 5.32 Å². The first-order chi connectivity index (χ1) is 8.17. The number of benzene rings is 1. The van der Waals surface area contributed by atoms with E-state index in [0.29, 0.717) is 12.1 Å². The van der Waals surface area contributed by atoms with Crippen LogP contribution in [-0.4, -0.2) is 19.2 Å². The first-order valence-corrected chi connectivity index (χ1v) is 5.26. The molecule has 0 unspecified atom stereocenters. The fraction of sp³-hybridized carbons (Fsp3) is 0.231. The lowest BCUT2D eigenvalue weighted by molar-refractivity contribution is -0.117. The molecule has 0 bridgehead atoms. The zero-order valence-corrected chi connectivity index (χ0v) is 9.99. The Balaban J connectivity index is 2.58. The summed E-state index contributed by atoms with van der Waals surface area (Å²) in [5.74, 6) is 0.597. The van der Waals surface area contributed by atoms with Gasteiger partial charge in [0.15, 0.2) is 0 Å². The van der Waals surface area contributed by atoms with Gasteiger partial charge in [0.25, 0.3) is 0 Å². The lowest BCUT2D eigenvalue weighted by Crippen LogP contribution is -2.23. The predicted octanol–water partition coefficient (Wildman–Crippen LogP) is 1.91. The fourth-order valence-corrected chi connectivity index (χ4v) is 1.30. The molecule has 0 aliphatic rings. The van der Waals surface area contributed by atoms with Crippen LogP contribution in [0.5, 0.6) is 5.75 Å². The highest BCUT2D eigenvalue weighted by atomic mass is 16.5. The Kier molecular flexibility index (Phi) is 4.94. The second-order valence-electron chi connectivity index (χ2n) is 3.55. The second kappa shape index (κ2) is 6.48. The van der Waals surface area contributed by atoms with Crippen LogP contribution in [0.3, 0.4) is 0 Å². The van der Waals surface area contributed by atoms with Gasteiger partial charge in [0.05, 0.1) is 7.11 Å². The van der Waals surface area contributed by atoms with E-state index >= 15 is 0 Å². The third kappa shape index (κ3) is 4.10. The van der Waals surface area contributed by atoms with Crippen molar-refractivity contribution in [3.63, 3.8) is 0 Å². The number of nitrogens with one attached hydrogen (secondary N) is 2. The quantitative estimate of drug-likeness (QED) is 0.601. The number of amides is 1. The van der Waals surface area contributed by atoms with E-state index in [4.69, 9.17) is 10.1 Å². The van der Waals surface area contributed by atoms with Gasteiger partial charge in [-0.15, -0.1) is 0 Å². The van der Waals surface area contributed by atoms with Gasteiger partial charge in [0.2, 0.25) is 5.91 Å². The Labute approximate surface area is 101 Å². The van der Waals surface area contributed by atoms with Crippen molar-refractivity contribution in [3.05, 3.63) is 41.5 Å². The number of hydrogen-bond acceptors (Lipinski definition) is 3. The predicted molar refractivity (Wildman–Crippen MR) is 67.4 cm³/mol. The van der Waals surface area contributed by atoms with Crippen molar-refractivity contribution < 1.29 is 9.53 Å². The number of ether oxygens (including phenoxy) is 1. The van der Waals surface area contributed by atoms with Crippen LogP contribution in [0.15, 0.2) is 35.9 Å². The Hall–Kier alpha value is -2.10. The highest BCUT2D eigenvalue weighted by Crippen LogP contribution is 2.12. The van der Waals surface area contributed by atoms with Crippen molar-refractivity contribution in [2.75, 3.05) is 7.11 Å². The van der Waals surface area contributed by atoms with E-state index in [-0.39, 0.29) is 5.91 Å². The Morgan fingerprint density at radius 3 is 2.94 bits per heavy atom. The van der Waals surface area contributed by atoms with Crippen molar-refractivity contribution in [3.8, 4) is 5.75 Å². The number of carbonyl (C=O) groups excluding carboxylic acids is 1. The van der Waals surface area contributed by atoms with Gasteiger partial charge in [0, 0.05) is 18.3 Å². The van der Waals surface area contributed by atoms with Gasteiger partial charge >= 0.3 is 0 Å². The number of hydrogen-bond donors (Lipinski definition) is 2. The molecule has 0 radical (unpaired) electrons. The summed E-state index contributed by atoms with van der Waals surface area (Å²) in [5.41, 5.74) is 1.49. The molecule has 0 saturated carbocycles. The summed E-state index contributed by atoms with van der Waals surface area (Å²) in [7, 11) is 1.61. The highest BCUT2D eigenvalue weighted by molar-refractivity contribution is 5.96. The van der Waals surface area contributed by atoms with Crippen molar-refractivity contribution in [2.24, 2.45) is 0 Å². The summed E-state index contributed by atoms with van der Waals surface area (Å²) < 4.78 is 5.09. The number of carbonyl (C=O) groups is 1. The molecule has 0 fully saturated rings. The molecule has 0 aliphatic carbocycles. The van der Waals surface area contributed by atoms with E-state index in [1.165, 1.54) is 6.08 Å². The fourth-order valence-electron chi connectivity index (χ4n) is 1.30. The number of allylic oxidation sites excluding steroid dienone is 1. The van der Waals surface area contributed by atoms with Crippen molar-refractivity contribution in [1.29, 1.82) is 5.41 Å². The minimum atomic E-state index is -0.170. The molecule has 0 atom stereocenters. The van der Waals surface area contributed by atoms with Gasteiger partial charge in [-0.25, -0.2) is 0 Å². The molecule has 4 nitrogen and oxygen atoms in total. The van der Waals surface area contributed by atoms with E-state index in [0.717, 1.165) is 17.5 Å². The topological polar surface area (TPSA) is 62.2 Å². The molecule has 1 aromatic carbocycles. The third-order valence-electron chi connectivity index (χ3n) is 2.28. The van der Waals surface area contributed by atoms with Crippen LogP contribution in [0, 0.1) is 5.41 Å². The van der Waals surface area contributed by atoms with Crippen LogP contribution in [0.25, 0.3) is 0 Å². The first-order valence-electron chi connectivity index (χ1n) is 5.26. The maximum Gasteiger partial charge on any atom is 0.247 e. The average Bonchev–Trinajstić information content (AvgIpc) is 2.36. The van der Waals surface area contributed by atoms with Gasteiger partial charge < -0.3 is 15.5 Å². The second-order valence-corrected chi connectivity index (χ2v) is 3.55. The molecule has 1 rings (SSSR count). The smallest absolute Gasteiger partial charge is 0.247 e. The minimum absolute atomic E-state index is 0.170. The summed E-state index contributed by atoms with van der Waals surface area (Å²) >= 11 is 0. The molecule has 2 N–H and O–H groups in total. The molecule has 0 heterocycles. The maximum absolute atomic E-state index is 11.5. The highest BCUT2D eigenvalue weighted by Gasteiger charge is 2.03. The Morgan fingerprint density at radius 2 is 2.29 bits per heavy atom. The summed E-state index contributed by atoms with van der Waals surface area (Å²) in [4.78, 5) is 11.5. The van der Waals surface area contributed by atoms with Crippen LogP contribution in [0.2, 0.25) is 0 Å². The lowest BCUT2D eigenvalue weighted by atomic mass is 10.2. The van der Waals surface area contributed by atoms with E-state index in [1.54, 1.807) is 14.0 Å². The van der Waals surface area contributed by atoms with Gasteiger partial charge in [-0.1, -0.05) is 12.1 Å². The SMILES string of the molecule is COc1cccc(CNC(=O)/C(C)=C\C=N)c1. The van der Waals surface area contributed by atoms with Gasteiger partial charge in [-0.2, -0.15) is 0 Å². The first kappa shape index (κ1) is 13.0. The molecule has 0 spiro atoms. The van der Waals surface area contributed by atoms with E-state index in [9.17, 15) is 4.79 Å². The molecular formula is C13H16N2O2. The monoisotopic (exact) mass is 232 g/mol. The van der Waals surface area contributed by atoms with E-state index in [1.807, 2.05) is 24.3 Å². The summed E-state index contributed by atoms with van der Waals surface area (Å²) in [6, 6.07) is 7.51. The largest absolute Gasteiger partial charge is 0.497 e. The van der Waals surface area contributed by atoms with Crippen molar-refractivity contribution in [2.45, 2.75) is 13.5 Å². The van der Waals surface area contributed by atoms with E-state index < -0.39 is 0 Å². The molecule has 0 aromatic heterocycles. The molecule has 1 amide bonds. The molecule has 17 heavy (non-hydrogen) atoms. The van der Waals surface area contributed by atoms with Crippen LogP contribution in [0.4, 0.5) is 0 Å². The van der Waals surface area contributed by atoms with Crippen molar-refractivity contribution >= 4 is 12.1 Å². The van der Waals surface area contributed by atoms with Gasteiger partial charge in [0.1, 0.15) is 5.75 Å². The van der Waals surface area contributed by atoms with Gasteiger partial charge in [-0.05, 0) is 30.7 Å². The zero-order chi connectivity index (χ0) is 12.7. The Bertz CT molecular complexity index is 439. The molecule has 4 heteroatoms. The molecule has 0 saturated heterocycles. The van der Waals surface area contributed by atoms with Crippen molar-refractivity contribution in [1.82, 2.24) is 5.32 Å². The molecule has 1 aromatic rings. The normalized spacial score (nSPS) is 10.8. The minimum Gasteiger partial charge on any atom is -0.497 e. The summed E-state index contributed by atoms with van der Waals surface area (Å²) in [6.07, 6.45) is 2.56. The van der Waals surface area contributed by atoms with Crippen LogP contribution in [-0.2, 0) is 11.3 Å². The molecular weight excluding hydrogens is 216 g/mol. The van der Waals surface area contributed by atoms with Gasteiger partial charge in [-0.3, -0.25) is 4.79 Å². The summed E-state index contributed by atoms with van der Waals surface area (Å²) in [6.45, 7) is 2.12. The summed E-state index contributed by atoms with van der Waals surface area (Å²) in [5, 5.41) is 9.65.